The highest BCUT2D eigenvalue weighted by atomic mass is 35.5. The van der Waals surface area contributed by atoms with Crippen LogP contribution in [-0.2, 0) is 12.7 Å². The minimum absolute atomic E-state index is 0.0588. The first-order valence-electron chi connectivity index (χ1n) is 10.2. The van der Waals surface area contributed by atoms with Crippen molar-refractivity contribution in [1.82, 2.24) is 4.90 Å². The van der Waals surface area contributed by atoms with E-state index in [-0.39, 0.29) is 50.5 Å². The van der Waals surface area contributed by atoms with Crippen LogP contribution in [0.25, 0.3) is 22.1 Å². The van der Waals surface area contributed by atoms with Crippen molar-refractivity contribution in [3.63, 3.8) is 0 Å². The number of rotatable bonds is 3. The van der Waals surface area contributed by atoms with Crippen molar-refractivity contribution in [2.24, 2.45) is 0 Å². The fraction of sp³-hybridized carbons (Fsp3) is 0.348. The molecule has 0 amide bonds. The van der Waals surface area contributed by atoms with Crippen molar-refractivity contribution >= 4 is 34.2 Å². The van der Waals surface area contributed by atoms with E-state index in [1.807, 2.05) is 6.92 Å². The van der Waals surface area contributed by atoms with Gasteiger partial charge < -0.3 is 9.52 Å². The lowest BCUT2D eigenvalue weighted by atomic mass is 9.99. The van der Waals surface area contributed by atoms with E-state index in [0.717, 1.165) is 25.8 Å². The summed E-state index contributed by atoms with van der Waals surface area (Å²) in [4.78, 5) is 15.4. The molecular formula is C23H20Cl2F3NO3. The van der Waals surface area contributed by atoms with E-state index in [0.29, 0.717) is 0 Å². The van der Waals surface area contributed by atoms with Gasteiger partial charge in [0.1, 0.15) is 11.3 Å². The van der Waals surface area contributed by atoms with Gasteiger partial charge in [0, 0.05) is 23.2 Å². The van der Waals surface area contributed by atoms with Crippen molar-refractivity contribution < 1.29 is 22.7 Å². The van der Waals surface area contributed by atoms with Crippen LogP contribution in [0.15, 0.2) is 39.5 Å². The zero-order chi connectivity index (χ0) is 23.2. The summed E-state index contributed by atoms with van der Waals surface area (Å²) in [7, 11) is 0. The number of hydrogen-bond donors (Lipinski definition) is 1. The molecule has 0 bridgehead atoms. The largest absolute Gasteiger partial charge is 0.507 e. The number of phenolic OH excluding ortho intramolecular Hbond substituents is 1. The average Bonchev–Trinajstić information content (AvgIpc) is 2.71. The monoisotopic (exact) mass is 485 g/mol. The van der Waals surface area contributed by atoms with Gasteiger partial charge in [-0.15, -0.1) is 0 Å². The lowest BCUT2D eigenvalue weighted by Crippen LogP contribution is -2.36. The highest BCUT2D eigenvalue weighted by Crippen LogP contribution is 2.41. The third-order valence-electron chi connectivity index (χ3n) is 5.90. The number of nitrogens with zero attached hydrogens (tertiary/aromatic N) is 1. The SMILES string of the molecule is C[C@H]1CCCCN1Cc1c(O)ccc2c(=O)c(-c3ccc(Cl)cc3Cl)c(C(F)(F)F)oc12. The molecule has 1 N–H and O–H groups in total. The molecule has 2 aromatic carbocycles. The second-order valence-corrected chi connectivity index (χ2v) is 8.86. The van der Waals surface area contributed by atoms with E-state index in [1.165, 1.54) is 30.3 Å². The van der Waals surface area contributed by atoms with Crippen molar-refractivity contribution in [2.45, 2.75) is 44.9 Å². The van der Waals surface area contributed by atoms with Gasteiger partial charge in [-0.1, -0.05) is 35.7 Å². The summed E-state index contributed by atoms with van der Waals surface area (Å²) in [5.74, 6) is -1.68. The topological polar surface area (TPSA) is 53.7 Å². The molecule has 1 saturated heterocycles. The molecule has 3 aromatic rings. The first-order valence-corrected chi connectivity index (χ1v) is 10.9. The van der Waals surface area contributed by atoms with Gasteiger partial charge in [0.2, 0.25) is 11.2 Å². The molecule has 32 heavy (non-hydrogen) atoms. The maximum Gasteiger partial charge on any atom is 0.450 e. The van der Waals surface area contributed by atoms with Crippen molar-refractivity contribution in [1.29, 1.82) is 0 Å². The first kappa shape index (κ1) is 23.0. The van der Waals surface area contributed by atoms with Gasteiger partial charge in [-0.2, -0.15) is 13.2 Å². The highest BCUT2D eigenvalue weighted by Gasteiger charge is 2.40. The molecule has 0 spiro atoms. The van der Waals surface area contributed by atoms with E-state index >= 15 is 0 Å². The van der Waals surface area contributed by atoms with Gasteiger partial charge in [-0.3, -0.25) is 9.69 Å². The summed E-state index contributed by atoms with van der Waals surface area (Å²) in [6.45, 7) is 2.94. The molecule has 2 heterocycles. The molecule has 170 valence electrons. The van der Waals surface area contributed by atoms with Gasteiger partial charge in [0.05, 0.1) is 21.5 Å². The Morgan fingerprint density at radius 3 is 2.59 bits per heavy atom. The molecule has 0 unspecified atom stereocenters. The number of alkyl halides is 3. The minimum atomic E-state index is -4.97. The van der Waals surface area contributed by atoms with Crippen LogP contribution in [0.5, 0.6) is 5.75 Å². The quantitative estimate of drug-likeness (QED) is 0.439. The van der Waals surface area contributed by atoms with Gasteiger partial charge in [0.15, 0.2) is 0 Å². The van der Waals surface area contributed by atoms with Crippen LogP contribution in [0.2, 0.25) is 10.0 Å². The Bertz CT molecular complexity index is 1240. The van der Waals surface area contributed by atoms with Crippen LogP contribution in [0.3, 0.4) is 0 Å². The van der Waals surface area contributed by atoms with E-state index < -0.39 is 22.9 Å². The minimum Gasteiger partial charge on any atom is -0.507 e. The molecule has 9 heteroatoms. The number of piperidine rings is 1. The summed E-state index contributed by atoms with van der Waals surface area (Å²) >= 11 is 12.0. The average molecular weight is 486 g/mol. The van der Waals surface area contributed by atoms with Crippen LogP contribution in [0.4, 0.5) is 13.2 Å². The second kappa shape index (κ2) is 8.61. The van der Waals surface area contributed by atoms with Crippen molar-refractivity contribution in [2.75, 3.05) is 6.54 Å². The summed E-state index contributed by atoms with van der Waals surface area (Å²) in [6.07, 6.45) is -2.00. The van der Waals surface area contributed by atoms with Gasteiger partial charge in [-0.05, 0) is 50.6 Å². The number of phenols is 1. The van der Waals surface area contributed by atoms with E-state index in [1.54, 1.807) is 0 Å². The van der Waals surface area contributed by atoms with Crippen LogP contribution in [-0.4, -0.2) is 22.6 Å². The Labute approximate surface area is 192 Å². The van der Waals surface area contributed by atoms with E-state index in [2.05, 4.69) is 4.90 Å². The molecule has 1 atom stereocenters. The molecule has 4 rings (SSSR count). The van der Waals surface area contributed by atoms with Gasteiger partial charge in [0.25, 0.3) is 0 Å². The number of aromatic hydroxyl groups is 1. The maximum absolute atomic E-state index is 14.0. The van der Waals surface area contributed by atoms with Gasteiger partial charge >= 0.3 is 6.18 Å². The van der Waals surface area contributed by atoms with Gasteiger partial charge in [-0.25, -0.2) is 0 Å². The summed E-state index contributed by atoms with van der Waals surface area (Å²) in [5, 5.41) is 10.5. The number of hydrogen-bond acceptors (Lipinski definition) is 4. The van der Waals surface area contributed by atoms with Crippen molar-refractivity contribution in [3.8, 4) is 16.9 Å². The zero-order valence-electron chi connectivity index (χ0n) is 17.1. The first-order chi connectivity index (χ1) is 15.1. The lowest BCUT2D eigenvalue weighted by molar-refractivity contribution is -0.152. The van der Waals surface area contributed by atoms with Crippen LogP contribution >= 0.6 is 23.2 Å². The Morgan fingerprint density at radius 1 is 1.19 bits per heavy atom. The summed E-state index contributed by atoms with van der Waals surface area (Å²) < 4.78 is 47.5. The third-order valence-corrected chi connectivity index (χ3v) is 6.45. The Kier molecular flexibility index (Phi) is 6.18. The normalized spacial score (nSPS) is 17.8. The van der Waals surface area contributed by atoms with Crippen LogP contribution in [0.1, 0.15) is 37.5 Å². The number of fused-ring (bicyclic) bond motifs is 1. The number of halogens is 5. The number of benzene rings is 2. The molecule has 0 radical (unpaired) electrons. The summed E-state index contributed by atoms with van der Waals surface area (Å²) in [5.41, 5.74) is -1.80. The third kappa shape index (κ3) is 4.21. The fourth-order valence-corrected chi connectivity index (χ4v) is 4.69. The number of likely N-dealkylation sites (tertiary alicyclic amines) is 1. The van der Waals surface area contributed by atoms with E-state index in [9.17, 15) is 23.1 Å². The molecule has 0 saturated carbocycles. The molecule has 0 aliphatic carbocycles. The van der Waals surface area contributed by atoms with Crippen LogP contribution < -0.4 is 5.43 Å². The molecule has 1 aromatic heterocycles. The zero-order valence-corrected chi connectivity index (χ0v) is 18.6. The maximum atomic E-state index is 14.0. The van der Waals surface area contributed by atoms with Crippen LogP contribution in [0, 0.1) is 0 Å². The van der Waals surface area contributed by atoms with Crippen molar-refractivity contribution in [3.05, 3.63) is 61.9 Å². The highest BCUT2D eigenvalue weighted by molar-refractivity contribution is 6.36. The fourth-order valence-electron chi connectivity index (χ4n) is 4.19. The summed E-state index contributed by atoms with van der Waals surface area (Å²) in [6, 6.07) is 6.65. The molecule has 1 aliphatic heterocycles. The molecule has 4 nitrogen and oxygen atoms in total. The smallest absolute Gasteiger partial charge is 0.450 e. The second-order valence-electron chi connectivity index (χ2n) is 8.01. The lowest BCUT2D eigenvalue weighted by Gasteiger charge is -2.33. The molecule has 1 aliphatic rings. The predicted molar refractivity (Wildman–Crippen MR) is 118 cm³/mol. The standard InChI is InChI=1S/C23H20Cl2F3NO3/c1-12-4-2-3-9-29(12)11-16-18(30)8-7-15-20(31)19(14-6-5-13(24)10-17(14)25)22(23(26,27)28)32-21(15)16/h5-8,10,12,30H,2-4,9,11H2,1H3/t12-/m0/s1. The Hall–Kier alpha value is -2.22. The Balaban J connectivity index is 1.99. The molecule has 1 fully saturated rings. The molecular weight excluding hydrogens is 466 g/mol. The Morgan fingerprint density at radius 2 is 1.94 bits per heavy atom. The van der Waals surface area contributed by atoms with E-state index in [4.69, 9.17) is 27.6 Å². The predicted octanol–water partition coefficient (Wildman–Crippen LogP) is 6.87.